The highest BCUT2D eigenvalue weighted by molar-refractivity contribution is 5.80. The number of benzene rings is 1. The molecule has 0 spiro atoms. The summed E-state index contributed by atoms with van der Waals surface area (Å²) < 4.78 is 10.2. The maximum atomic E-state index is 11.7. The lowest BCUT2D eigenvalue weighted by Gasteiger charge is -2.22. The van der Waals surface area contributed by atoms with E-state index in [1.54, 1.807) is 45.0 Å². The van der Waals surface area contributed by atoms with E-state index in [-0.39, 0.29) is 6.42 Å². The Morgan fingerprint density at radius 1 is 1.29 bits per heavy atom. The van der Waals surface area contributed by atoms with Crippen molar-refractivity contribution in [2.75, 3.05) is 7.11 Å². The lowest BCUT2D eigenvalue weighted by molar-refractivity contribution is -0.139. The van der Waals surface area contributed by atoms with Crippen molar-refractivity contribution in [1.82, 2.24) is 5.32 Å². The summed E-state index contributed by atoms with van der Waals surface area (Å²) >= 11 is 0. The van der Waals surface area contributed by atoms with Crippen LogP contribution in [0.5, 0.6) is 5.75 Å². The number of ether oxygens (including phenoxy) is 2. The van der Waals surface area contributed by atoms with Crippen LogP contribution in [0.15, 0.2) is 24.3 Å². The van der Waals surface area contributed by atoms with Gasteiger partial charge in [0.2, 0.25) is 0 Å². The monoisotopic (exact) mass is 295 g/mol. The van der Waals surface area contributed by atoms with Gasteiger partial charge in [-0.05, 0) is 32.4 Å². The first-order chi connectivity index (χ1) is 9.73. The standard InChI is InChI=1S/C15H21NO5/c1-15(2,3)21-14(19)16-11(13(17)18)9-10-7-5-6-8-12(10)20-4/h5-8,11H,9H2,1-4H3,(H,16,19)(H,17,18)/t11-/m0/s1. The minimum atomic E-state index is -1.13. The average Bonchev–Trinajstić information content (AvgIpc) is 2.36. The van der Waals surface area contributed by atoms with E-state index in [1.807, 2.05) is 0 Å². The van der Waals surface area contributed by atoms with Crippen molar-refractivity contribution < 1.29 is 24.2 Å². The largest absolute Gasteiger partial charge is 0.496 e. The Morgan fingerprint density at radius 3 is 2.43 bits per heavy atom. The van der Waals surface area contributed by atoms with Gasteiger partial charge in [0, 0.05) is 6.42 Å². The number of alkyl carbamates (subject to hydrolysis) is 1. The Balaban J connectivity index is 2.79. The van der Waals surface area contributed by atoms with Gasteiger partial charge in [-0.3, -0.25) is 0 Å². The lowest BCUT2D eigenvalue weighted by Crippen LogP contribution is -2.44. The van der Waals surface area contributed by atoms with Gasteiger partial charge >= 0.3 is 12.1 Å². The van der Waals surface area contributed by atoms with Crippen LogP contribution in [-0.2, 0) is 16.0 Å². The number of amides is 1. The second-order valence-corrected chi connectivity index (χ2v) is 5.55. The van der Waals surface area contributed by atoms with Gasteiger partial charge in [0.05, 0.1) is 7.11 Å². The Labute approximate surface area is 124 Å². The average molecular weight is 295 g/mol. The molecule has 0 aliphatic carbocycles. The Morgan fingerprint density at radius 2 is 1.90 bits per heavy atom. The summed E-state index contributed by atoms with van der Waals surface area (Å²) in [5, 5.41) is 11.6. The molecular formula is C15H21NO5. The lowest BCUT2D eigenvalue weighted by atomic mass is 10.1. The first kappa shape index (κ1) is 16.8. The normalized spacial score (nSPS) is 12.4. The van der Waals surface area contributed by atoms with Crippen LogP contribution >= 0.6 is 0 Å². The van der Waals surface area contributed by atoms with E-state index < -0.39 is 23.7 Å². The second-order valence-electron chi connectivity index (χ2n) is 5.55. The Bertz CT molecular complexity index is 507. The smallest absolute Gasteiger partial charge is 0.408 e. The summed E-state index contributed by atoms with van der Waals surface area (Å²) in [6, 6.07) is 5.98. The van der Waals surface area contributed by atoms with E-state index in [1.165, 1.54) is 7.11 Å². The third kappa shape index (κ3) is 5.72. The van der Waals surface area contributed by atoms with E-state index in [0.29, 0.717) is 11.3 Å². The van der Waals surface area contributed by atoms with E-state index in [9.17, 15) is 14.7 Å². The number of hydrogen-bond donors (Lipinski definition) is 2. The number of carboxylic acid groups (broad SMARTS) is 1. The van der Waals surface area contributed by atoms with Crippen molar-refractivity contribution in [1.29, 1.82) is 0 Å². The fourth-order valence-corrected chi connectivity index (χ4v) is 1.74. The number of hydrogen-bond acceptors (Lipinski definition) is 4. The Kier molecular flexibility index (Phi) is 5.58. The summed E-state index contributed by atoms with van der Waals surface area (Å²) in [7, 11) is 1.51. The number of nitrogens with one attached hydrogen (secondary N) is 1. The minimum Gasteiger partial charge on any atom is -0.496 e. The van der Waals surface area contributed by atoms with Gasteiger partial charge in [0.15, 0.2) is 0 Å². The molecule has 1 aromatic rings. The highest BCUT2D eigenvalue weighted by Gasteiger charge is 2.25. The van der Waals surface area contributed by atoms with Crippen LogP contribution in [0, 0.1) is 0 Å². The van der Waals surface area contributed by atoms with Crippen molar-refractivity contribution in [3.63, 3.8) is 0 Å². The van der Waals surface area contributed by atoms with Crippen molar-refractivity contribution in [3.8, 4) is 5.75 Å². The molecule has 0 saturated heterocycles. The van der Waals surface area contributed by atoms with Crippen LogP contribution in [0.4, 0.5) is 4.79 Å². The van der Waals surface area contributed by atoms with Gasteiger partial charge in [-0.2, -0.15) is 0 Å². The molecule has 116 valence electrons. The number of rotatable bonds is 5. The fraction of sp³-hybridized carbons (Fsp3) is 0.467. The molecule has 0 aliphatic heterocycles. The maximum absolute atomic E-state index is 11.7. The van der Waals surface area contributed by atoms with Crippen molar-refractivity contribution in [2.24, 2.45) is 0 Å². The fourth-order valence-electron chi connectivity index (χ4n) is 1.74. The number of carbonyl (C=O) groups excluding carboxylic acids is 1. The molecule has 1 amide bonds. The molecule has 0 unspecified atom stereocenters. The van der Waals surface area contributed by atoms with Crippen LogP contribution in [-0.4, -0.2) is 35.9 Å². The third-order valence-corrected chi connectivity index (χ3v) is 2.61. The quantitative estimate of drug-likeness (QED) is 0.870. The zero-order valence-electron chi connectivity index (χ0n) is 12.7. The maximum Gasteiger partial charge on any atom is 0.408 e. The molecule has 0 fully saturated rings. The number of carboxylic acids is 1. The number of aliphatic carboxylic acids is 1. The molecule has 0 aliphatic rings. The Hall–Kier alpha value is -2.24. The van der Waals surface area contributed by atoms with Crippen LogP contribution in [0.2, 0.25) is 0 Å². The van der Waals surface area contributed by atoms with Gasteiger partial charge in [-0.25, -0.2) is 9.59 Å². The van der Waals surface area contributed by atoms with E-state index in [2.05, 4.69) is 5.32 Å². The van der Waals surface area contributed by atoms with E-state index in [4.69, 9.17) is 9.47 Å². The molecule has 6 heteroatoms. The van der Waals surface area contributed by atoms with Gasteiger partial charge in [-0.15, -0.1) is 0 Å². The first-order valence-corrected chi connectivity index (χ1v) is 6.57. The summed E-state index contributed by atoms with van der Waals surface area (Å²) in [6.07, 6.45) is -0.650. The summed E-state index contributed by atoms with van der Waals surface area (Å²) in [4.78, 5) is 23.0. The number of carbonyl (C=O) groups is 2. The highest BCUT2D eigenvalue weighted by atomic mass is 16.6. The SMILES string of the molecule is COc1ccccc1C[C@H](NC(=O)OC(C)(C)C)C(=O)O. The molecule has 0 aromatic heterocycles. The molecular weight excluding hydrogens is 274 g/mol. The first-order valence-electron chi connectivity index (χ1n) is 6.57. The molecule has 0 heterocycles. The van der Waals surface area contributed by atoms with Gasteiger partial charge < -0.3 is 19.9 Å². The number of methoxy groups -OCH3 is 1. The van der Waals surface area contributed by atoms with E-state index in [0.717, 1.165) is 0 Å². The molecule has 2 N–H and O–H groups in total. The minimum absolute atomic E-state index is 0.110. The molecule has 6 nitrogen and oxygen atoms in total. The summed E-state index contributed by atoms with van der Waals surface area (Å²) in [6.45, 7) is 5.13. The highest BCUT2D eigenvalue weighted by Crippen LogP contribution is 2.19. The van der Waals surface area contributed by atoms with E-state index >= 15 is 0 Å². The third-order valence-electron chi connectivity index (χ3n) is 2.61. The van der Waals surface area contributed by atoms with Gasteiger partial charge in [-0.1, -0.05) is 18.2 Å². The molecule has 1 aromatic carbocycles. The summed E-state index contributed by atoms with van der Waals surface area (Å²) in [5.74, 6) is -0.554. The molecule has 0 bridgehead atoms. The summed E-state index contributed by atoms with van der Waals surface area (Å²) in [5.41, 5.74) is 0.0147. The van der Waals surface area contributed by atoms with Gasteiger partial charge in [0.25, 0.3) is 0 Å². The van der Waals surface area contributed by atoms with Crippen LogP contribution in [0.3, 0.4) is 0 Å². The molecule has 1 rings (SSSR count). The predicted octanol–water partition coefficient (Wildman–Crippen LogP) is 2.22. The molecule has 0 radical (unpaired) electrons. The van der Waals surface area contributed by atoms with Crippen LogP contribution < -0.4 is 10.1 Å². The van der Waals surface area contributed by atoms with Crippen molar-refractivity contribution >= 4 is 12.1 Å². The van der Waals surface area contributed by atoms with Crippen molar-refractivity contribution in [3.05, 3.63) is 29.8 Å². The second kappa shape index (κ2) is 6.97. The zero-order chi connectivity index (χ0) is 16.0. The molecule has 21 heavy (non-hydrogen) atoms. The van der Waals surface area contributed by atoms with Crippen molar-refractivity contribution in [2.45, 2.75) is 38.8 Å². The van der Waals surface area contributed by atoms with Gasteiger partial charge in [0.1, 0.15) is 17.4 Å². The molecule has 0 saturated carbocycles. The topological polar surface area (TPSA) is 84.9 Å². The van der Waals surface area contributed by atoms with Crippen LogP contribution in [0.25, 0.3) is 0 Å². The number of para-hydroxylation sites is 1. The van der Waals surface area contributed by atoms with Crippen LogP contribution in [0.1, 0.15) is 26.3 Å². The molecule has 1 atom stereocenters. The zero-order valence-corrected chi connectivity index (χ0v) is 12.7. The predicted molar refractivity (Wildman–Crippen MR) is 77.5 cm³/mol.